The molecule has 2 aliphatic rings. The lowest BCUT2D eigenvalue weighted by Crippen LogP contribution is -2.35. The molecule has 0 aromatic carbocycles. The molecule has 2 fully saturated rings. The topological polar surface area (TPSA) is 29.5 Å². The number of hydrogen-bond acceptors (Lipinski definition) is 2. The maximum absolute atomic E-state index is 12.0. The first-order chi connectivity index (χ1) is 8.09. The Balaban J connectivity index is 2.09. The Hall–Kier alpha value is -0.280. The Morgan fingerprint density at radius 3 is 2.71 bits per heavy atom. The third-order valence-corrected chi connectivity index (χ3v) is 4.62. The summed E-state index contributed by atoms with van der Waals surface area (Å²) in [7, 11) is 1.75. The predicted octanol–water partition coefficient (Wildman–Crippen LogP) is 2.28. The lowest BCUT2D eigenvalue weighted by Gasteiger charge is -2.29. The number of methoxy groups -OCH3 is 1. The number of hydrogen-bond donors (Lipinski definition) is 0. The van der Waals surface area contributed by atoms with Gasteiger partial charge >= 0.3 is 0 Å². The molecule has 2 rings (SSSR count). The Labute approximate surface area is 108 Å². The number of halogens is 1. The molecule has 1 saturated carbocycles. The number of carbonyl (C=O) groups is 1. The second-order valence-electron chi connectivity index (χ2n) is 5.56. The number of ether oxygens (including phenoxy) is 1. The van der Waals surface area contributed by atoms with Crippen LogP contribution in [0.3, 0.4) is 0 Å². The summed E-state index contributed by atoms with van der Waals surface area (Å²) in [5.41, 5.74) is 0.317. The summed E-state index contributed by atoms with van der Waals surface area (Å²) >= 11 is 5.91. The second-order valence-corrected chi connectivity index (χ2v) is 6.21. The van der Waals surface area contributed by atoms with Gasteiger partial charge in [0.05, 0.1) is 6.61 Å². The molecule has 1 heterocycles. The summed E-state index contributed by atoms with van der Waals surface area (Å²) in [5, 5.41) is -0.408. The van der Waals surface area contributed by atoms with Gasteiger partial charge in [-0.2, -0.15) is 0 Å². The van der Waals surface area contributed by atoms with Gasteiger partial charge < -0.3 is 9.64 Å². The van der Waals surface area contributed by atoms with Gasteiger partial charge in [0, 0.05) is 26.1 Å². The molecule has 1 amide bonds. The van der Waals surface area contributed by atoms with E-state index in [1.807, 2.05) is 4.90 Å². The highest BCUT2D eigenvalue weighted by Crippen LogP contribution is 2.49. The molecule has 4 heteroatoms. The highest BCUT2D eigenvalue weighted by molar-refractivity contribution is 6.30. The Morgan fingerprint density at radius 2 is 2.18 bits per heavy atom. The van der Waals surface area contributed by atoms with Crippen molar-refractivity contribution in [3.63, 3.8) is 0 Å². The normalized spacial score (nSPS) is 28.9. The van der Waals surface area contributed by atoms with Crippen LogP contribution in [0.25, 0.3) is 0 Å². The molecule has 0 bridgehead atoms. The van der Waals surface area contributed by atoms with Gasteiger partial charge in [0.25, 0.3) is 0 Å². The van der Waals surface area contributed by atoms with Crippen molar-refractivity contribution in [1.82, 2.24) is 4.90 Å². The Bertz CT molecular complexity index is 287. The molecule has 0 unspecified atom stereocenters. The fraction of sp³-hybridized carbons (Fsp3) is 0.923. The molecular weight excluding hydrogens is 238 g/mol. The second kappa shape index (κ2) is 5.15. The quantitative estimate of drug-likeness (QED) is 0.728. The van der Waals surface area contributed by atoms with Crippen LogP contribution in [0.2, 0.25) is 0 Å². The van der Waals surface area contributed by atoms with Crippen LogP contribution in [-0.4, -0.2) is 43.0 Å². The van der Waals surface area contributed by atoms with E-state index in [2.05, 4.69) is 0 Å². The largest absolute Gasteiger partial charge is 0.384 e. The zero-order valence-corrected chi connectivity index (χ0v) is 11.5. The van der Waals surface area contributed by atoms with Crippen LogP contribution in [0.15, 0.2) is 0 Å². The van der Waals surface area contributed by atoms with Crippen molar-refractivity contribution in [3.8, 4) is 0 Å². The third kappa shape index (κ3) is 2.45. The number of amides is 1. The molecule has 1 spiro atoms. The smallest absolute Gasteiger partial charge is 0.240 e. The summed E-state index contributed by atoms with van der Waals surface area (Å²) in [6.07, 6.45) is 5.06. The summed E-state index contributed by atoms with van der Waals surface area (Å²) in [4.78, 5) is 13.9. The van der Waals surface area contributed by atoms with Gasteiger partial charge in [-0.05, 0) is 25.2 Å². The summed E-state index contributed by atoms with van der Waals surface area (Å²) in [5.74, 6) is 0.575. The molecule has 0 aromatic heterocycles. The first kappa shape index (κ1) is 13.2. The summed E-state index contributed by atoms with van der Waals surface area (Å²) < 4.78 is 5.33. The first-order valence-corrected chi connectivity index (χ1v) is 6.94. The molecule has 1 aliphatic heterocycles. The molecule has 17 heavy (non-hydrogen) atoms. The van der Waals surface area contributed by atoms with Gasteiger partial charge in [0.1, 0.15) is 5.38 Å². The lowest BCUT2D eigenvalue weighted by atomic mass is 9.77. The summed E-state index contributed by atoms with van der Waals surface area (Å²) in [6, 6.07) is 0. The SMILES string of the molecule is COC[C@H]1CN(C(=O)[C@H](C)Cl)CC12CCCC2. The fourth-order valence-corrected chi connectivity index (χ4v) is 3.67. The van der Waals surface area contributed by atoms with Crippen molar-refractivity contribution in [2.45, 2.75) is 38.0 Å². The van der Waals surface area contributed by atoms with Crippen molar-refractivity contribution in [1.29, 1.82) is 0 Å². The van der Waals surface area contributed by atoms with E-state index in [-0.39, 0.29) is 5.91 Å². The lowest BCUT2D eigenvalue weighted by molar-refractivity contribution is -0.129. The Morgan fingerprint density at radius 1 is 1.53 bits per heavy atom. The molecule has 1 saturated heterocycles. The van der Waals surface area contributed by atoms with Gasteiger partial charge in [-0.15, -0.1) is 11.6 Å². The number of rotatable bonds is 3. The van der Waals surface area contributed by atoms with E-state index in [9.17, 15) is 4.79 Å². The van der Waals surface area contributed by atoms with Gasteiger partial charge in [0.15, 0.2) is 0 Å². The highest BCUT2D eigenvalue weighted by Gasteiger charge is 2.49. The highest BCUT2D eigenvalue weighted by atomic mass is 35.5. The van der Waals surface area contributed by atoms with Crippen LogP contribution in [0.4, 0.5) is 0 Å². The molecule has 3 nitrogen and oxygen atoms in total. The zero-order chi connectivity index (χ0) is 12.5. The number of nitrogens with zero attached hydrogens (tertiary/aromatic N) is 1. The standard InChI is InChI=1S/C13H22ClNO2/c1-10(14)12(16)15-7-11(8-17-2)13(9-15)5-3-4-6-13/h10-11H,3-9H2,1-2H3/t10-,11+/m0/s1. The molecule has 0 radical (unpaired) electrons. The van der Waals surface area contributed by atoms with Crippen molar-refractivity contribution in [2.75, 3.05) is 26.8 Å². The van der Waals surface area contributed by atoms with Gasteiger partial charge in [0.2, 0.25) is 5.91 Å². The molecular formula is C13H22ClNO2. The van der Waals surface area contributed by atoms with E-state index < -0.39 is 5.38 Å². The van der Waals surface area contributed by atoms with Gasteiger partial charge in [-0.25, -0.2) is 0 Å². The monoisotopic (exact) mass is 259 g/mol. The average Bonchev–Trinajstić information content (AvgIpc) is 2.88. The van der Waals surface area contributed by atoms with E-state index in [0.717, 1.165) is 19.7 Å². The van der Waals surface area contributed by atoms with Crippen LogP contribution in [-0.2, 0) is 9.53 Å². The maximum atomic E-state index is 12.0. The molecule has 0 N–H and O–H groups in total. The maximum Gasteiger partial charge on any atom is 0.240 e. The minimum atomic E-state index is -0.408. The van der Waals surface area contributed by atoms with Gasteiger partial charge in [-0.3, -0.25) is 4.79 Å². The molecule has 0 aromatic rings. The average molecular weight is 260 g/mol. The van der Waals surface area contributed by atoms with E-state index >= 15 is 0 Å². The van der Waals surface area contributed by atoms with Crippen molar-refractivity contribution < 1.29 is 9.53 Å². The first-order valence-electron chi connectivity index (χ1n) is 6.51. The molecule has 98 valence electrons. The zero-order valence-electron chi connectivity index (χ0n) is 10.7. The molecule has 2 atom stereocenters. The number of carbonyl (C=O) groups excluding carboxylic acids is 1. The van der Waals surface area contributed by atoms with Crippen LogP contribution < -0.4 is 0 Å². The summed E-state index contributed by atoms with van der Waals surface area (Å²) in [6.45, 7) is 4.23. The minimum absolute atomic E-state index is 0.0801. The van der Waals surface area contributed by atoms with Crippen molar-refractivity contribution in [3.05, 3.63) is 0 Å². The fourth-order valence-electron chi connectivity index (χ4n) is 3.53. The van der Waals surface area contributed by atoms with E-state index in [0.29, 0.717) is 11.3 Å². The predicted molar refractivity (Wildman–Crippen MR) is 68.2 cm³/mol. The Kier molecular flexibility index (Phi) is 3.99. The number of alkyl halides is 1. The van der Waals surface area contributed by atoms with Crippen LogP contribution >= 0.6 is 11.6 Å². The van der Waals surface area contributed by atoms with E-state index in [4.69, 9.17) is 16.3 Å². The van der Waals surface area contributed by atoms with Gasteiger partial charge in [-0.1, -0.05) is 12.8 Å². The minimum Gasteiger partial charge on any atom is -0.384 e. The van der Waals surface area contributed by atoms with Crippen molar-refractivity contribution in [2.24, 2.45) is 11.3 Å². The van der Waals surface area contributed by atoms with E-state index in [1.165, 1.54) is 25.7 Å². The van der Waals surface area contributed by atoms with Crippen molar-refractivity contribution >= 4 is 17.5 Å². The van der Waals surface area contributed by atoms with E-state index in [1.54, 1.807) is 14.0 Å². The number of likely N-dealkylation sites (tertiary alicyclic amines) is 1. The molecule has 1 aliphatic carbocycles. The third-order valence-electron chi connectivity index (χ3n) is 4.43. The van der Waals surface area contributed by atoms with Crippen LogP contribution in [0.5, 0.6) is 0 Å². The van der Waals surface area contributed by atoms with Crippen LogP contribution in [0, 0.1) is 11.3 Å². The van der Waals surface area contributed by atoms with Crippen LogP contribution in [0.1, 0.15) is 32.6 Å².